The van der Waals surface area contributed by atoms with Gasteiger partial charge in [0.2, 0.25) is 11.9 Å². The molecule has 32 heavy (non-hydrogen) atoms. The number of halogens is 1. The molecule has 166 valence electrons. The molecule has 0 spiro atoms. The van der Waals surface area contributed by atoms with E-state index in [2.05, 4.69) is 37.6 Å². The van der Waals surface area contributed by atoms with Gasteiger partial charge in [0.1, 0.15) is 11.6 Å². The lowest BCUT2D eigenvalue weighted by atomic mass is 10.1. The van der Waals surface area contributed by atoms with Crippen LogP contribution in [-0.4, -0.2) is 38.0 Å². The summed E-state index contributed by atoms with van der Waals surface area (Å²) in [6.45, 7) is 6.53. The van der Waals surface area contributed by atoms with E-state index in [0.29, 0.717) is 42.0 Å². The smallest absolute Gasteiger partial charge is 0.241 e. The van der Waals surface area contributed by atoms with E-state index in [4.69, 9.17) is 11.6 Å². The van der Waals surface area contributed by atoms with Crippen LogP contribution in [0.15, 0.2) is 55.5 Å². The van der Waals surface area contributed by atoms with Crippen molar-refractivity contribution >= 4 is 40.7 Å². The largest absolute Gasteiger partial charge is 0.365 e. The van der Waals surface area contributed by atoms with Gasteiger partial charge in [-0.3, -0.25) is 14.3 Å². The van der Waals surface area contributed by atoms with Crippen LogP contribution in [0.25, 0.3) is 0 Å². The summed E-state index contributed by atoms with van der Waals surface area (Å²) in [5, 5.41) is 13.5. The number of rotatable bonds is 11. The number of carbonyl (C=O) groups is 2. The van der Waals surface area contributed by atoms with E-state index in [9.17, 15) is 9.59 Å². The van der Waals surface area contributed by atoms with E-state index in [1.54, 1.807) is 12.4 Å². The molecule has 0 bridgehead atoms. The Morgan fingerprint density at radius 3 is 2.84 bits per heavy atom. The Morgan fingerprint density at radius 1 is 1.25 bits per heavy atom. The van der Waals surface area contributed by atoms with Gasteiger partial charge in [-0.15, -0.1) is 0 Å². The Hall–Kier alpha value is -3.72. The molecule has 0 atom stereocenters. The number of hydrogen-bond donors (Lipinski definition) is 3. The van der Waals surface area contributed by atoms with Gasteiger partial charge >= 0.3 is 0 Å². The average Bonchev–Trinajstić information content (AvgIpc) is 3.21. The van der Waals surface area contributed by atoms with Gasteiger partial charge in [-0.2, -0.15) is 10.1 Å². The molecular formula is C22H24ClN7O2. The second-order valence-corrected chi connectivity index (χ2v) is 7.32. The summed E-state index contributed by atoms with van der Waals surface area (Å²) in [5.74, 6) is 0.652. The second-order valence-electron chi connectivity index (χ2n) is 6.92. The Labute approximate surface area is 190 Å². The third-order valence-corrected chi connectivity index (χ3v) is 4.65. The van der Waals surface area contributed by atoms with Crippen molar-refractivity contribution in [1.82, 2.24) is 25.1 Å². The van der Waals surface area contributed by atoms with Crippen LogP contribution in [0, 0.1) is 0 Å². The first-order chi connectivity index (χ1) is 15.5. The minimum atomic E-state index is -0.116. The molecule has 0 fully saturated rings. The van der Waals surface area contributed by atoms with E-state index in [0.717, 1.165) is 11.1 Å². The molecule has 9 nitrogen and oxygen atoms in total. The van der Waals surface area contributed by atoms with Gasteiger partial charge in [-0.05, 0) is 24.1 Å². The van der Waals surface area contributed by atoms with Crippen LogP contribution in [0.2, 0.25) is 5.02 Å². The SMILES string of the molecule is C=CC(=O)Cc1cccc(CNc2nc(Nc3cnn(CC(=O)NCC)c3)ncc2Cl)c1. The zero-order valence-electron chi connectivity index (χ0n) is 17.6. The van der Waals surface area contributed by atoms with E-state index in [-0.39, 0.29) is 18.2 Å². The third-order valence-electron chi connectivity index (χ3n) is 4.37. The number of amides is 1. The number of aromatic nitrogens is 4. The van der Waals surface area contributed by atoms with Crippen LogP contribution in [0.1, 0.15) is 18.1 Å². The van der Waals surface area contributed by atoms with Gasteiger partial charge in [-0.25, -0.2) is 4.98 Å². The van der Waals surface area contributed by atoms with E-state index < -0.39 is 0 Å². The Balaban J connectivity index is 1.63. The van der Waals surface area contributed by atoms with Gasteiger partial charge < -0.3 is 16.0 Å². The second kappa shape index (κ2) is 11.1. The van der Waals surface area contributed by atoms with Gasteiger partial charge in [0.15, 0.2) is 11.6 Å². The van der Waals surface area contributed by atoms with Gasteiger partial charge in [0.05, 0.1) is 18.1 Å². The molecule has 2 heterocycles. The summed E-state index contributed by atoms with van der Waals surface area (Å²) in [6.07, 6.45) is 6.41. The fourth-order valence-electron chi connectivity index (χ4n) is 2.90. The van der Waals surface area contributed by atoms with E-state index in [1.807, 2.05) is 31.2 Å². The molecule has 2 aromatic heterocycles. The normalized spacial score (nSPS) is 10.4. The predicted molar refractivity (Wildman–Crippen MR) is 124 cm³/mol. The molecule has 3 aromatic rings. The Bertz CT molecular complexity index is 1110. The van der Waals surface area contributed by atoms with Crippen molar-refractivity contribution in [3.05, 3.63) is 71.7 Å². The predicted octanol–water partition coefficient (Wildman–Crippen LogP) is 3.12. The number of allylic oxidation sites excluding steroid dienone is 1. The Morgan fingerprint density at radius 2 is 2.06 bits per heavy atom. The van der Waals surface area contributed by atoms with Crippen molar-refractivity contribution in [1.29, 1.82) is 0 Å². The molecule has 0 aliphatic carbocycles. The molecule has 1 amide bonds. The molecule has 0 saturated carbocycles. The average molecular weight is 454 g/mol. The summed E-state index contributed by atoms with van der Waals surface area (Å²) < 4.78 is 1.52. The molecule has 10 heteroatoms. The molecular weight excluding hydrogens is 430 g/mol. The van der Waals surface area contributed by atoms with Crippen molar-refractivity contribution in [3.8, 4) is 0 Å². The fourth-order valence-corrected chi connectivity index (χ4v) is 3.06. The van der Waals surface area contributed by atoms with Crippen LogP contribution < -0.4 is 16.0 Å². The highest BCUT2D eigenvalue weighted by Crippen LogP contribution is 2.22. The highest BCUT2D eigenvalue weighted by molar-refractivity contribution is 6.32. The molecule has 0 aliphatic heterocycles. The number of carbonyl (C=O) groups excluding carboxylic acids is 2. The first-order valence-electron chi connectivity index (χ1n) is 10.0. The van der Waals surface area contributed by atoms with Crippen LogP contribution in [0.3, 0.4) is 0 Å². The first kappa shape index (κ1) is 23.0. The molecule has 1 aromatic carbocycles. The van der Waals surface area contributed by atoms with Gasteiger partial charge in [0, 0.05) is 25.7 Å². The topological polar surface area (TPSA) is 114 Å². The number of nitrogens with one attached hydrogen (secondary N) is 3. The van der Waals surface area contributed by atoms with E-state index >= 15 is 0 Å². The maximum Gasteiger partial charge on any atom is 0.241 e. The fraction of sp³-hybridized carbons (Fsp3) is 0.227. The minimum absolute atomic E-state index is 0.0287. The molecule has 0 radical (unpaired) electrons. The van der Waals surface area contributed by atoms with Gasteiger partial charge in [-0.1, -0.05) is 42.4 Å². The van der Waals surface area contributed by atoms with Crippen molar-refractivity contribution in [2.75, 3.05) is 17.2 Å². The monoisotopic (exact) mass is 453 g/mol. The van der Waals surface area contributed by atoms with Crippen LogP contribution in [0.4, 0.5) is 17.5 Å². The number of benzene rings is 1. The summed E-state index contributed by atoms with van der Waals surface area (Å²) in [7, 11) is 0. The maximum absolute atomic E-state index is 11.7. The minimum Gasteiger partial charge on any atom is -0.365 e. The summed E-state index contributed by atoms with van der Waals surface area (Å²) >= 11 is 6.24. The lowest BCUT2D eigenvalue weighted by Gasteiger charge is -2.10. The van der Waals surface area contributed by atoms with Crippen molar-refractivity contribution < 1.29 is 9.59 Å². The standard InChI is InChI=1S/C22H24ClN7O2/c1-3-18(31)9-15-6-5-7-16(8-15)10-25-21-19(23)12-26-22(29-21)28-17-11-27-30(13-17)14-20(32)24-4-2/h3,5-8,11-13H,1,4,9-10,14H2,2H3,(H,24,32)(H2,25,26,28,29). The van der Waals surface area contributed by atoms with Crippen molar-refractivity contribution in [2.45, 2.75) is 26.4 Å². The van der Waals surface area contributed by atoms with Crippen molar-refractivity contribution in [2.24, 2.45) is 0 Å². The number of likely N-dealkylation sites (N-methyl/N-ethyl adjacent to an activating group) is 1. The number of ketones is 1. The van der Waals surface area contributed by atoms with E-state index in [1.165, 1.54) is 17.0 Å². The number of hydrogen-bond acceptors (Lipinski definition) is 7. The summed E-state index contributed by atoms with van der Waals surface area (Å²) in [4.78, 5) is 31.9. The molecule has 0 saturated heterocycles. The summed E-state index contributed by atoms with van der Waals surface area (Å²) in [6, 6.07) is 7.70. The third kappa shape index (κ3) is 6.64. The quantitative estimate of drug-likeness (QED) is 0.382. The van der Waals surface area contributed by atoms with Crippen LogP contribution in [-0.2, 0) is 29.1 Å². The lowest BCUT2D eigenvalue weighted by molar-refractivity contribution is -0.121. The molecule has 0 aliphatic rings. The highest BCUT2D eigenvalue weighted by Gasteiger charge is 2.09. The number of anilines is 3. The highest BCUT2D eigenvalue weighted by atomic mass is 35.5. The maximum atomic E-state index is 11.7. The molecule has 3 rings (SSSR count). The zero-order chi connectivity index (χ0) is 22.9. The Kier molecular flexibility index (Phi) is 7.93. The zero-order valence-corrected chi connectivity index (χ0v) is 18.4. The lowest BCUT2D eigenvalue weighted by Crippen LogP contribution is -2.27. The van der Waals surface area contributed by atoms with Crippen LogP contribution >= 0.6 is 11.6 Å². The summed E-state index contributed by atoms with van der Waals surface area (Å²) in [5.41, 5.74) is 2.53. The van der Waals surface area contributed by atoms with Crippen molar-refractivity contribution in [3.63, 3.8) is 0 Å². The number of nitrogens with zero attached hydrogens (tertiary/aromatic N) is 4. The molecule has 3 N–H and O–H groups in total. The first-order valence-corrected chi connectivity index (χ1v) is 10.4. The van der Waals surface area contributed by atoms with Crippen LogP contribution in [0.5, 0.6) is 0 Å². The molecule has 0 unspecified atom stereocenters. The van der Waals surface area contributed by atoms with Gasteiger partial charge in [0.25, 0.3) is 0 Å².